The van der Waals surface area contributed by atoms with Gasteiger partial charge in [-0.1, -0.05) is 53.2 Å². The van der Waals surface area contributed by atoms with Crippen LogP contribution in [0.1, 0.15) is 0 Å². The van der Waals surface area contributed by atoms with Gasteiger partial charge in [0.1, 0.15) is 0 Å². The van der Waals surface area contributed by atoms with Crippen LogP contribution in [0.15, 0.2) is 0 Å². The molecule has 0 unspecified atom stereocenters. The van der Waals surface area contributed by atoms with Crippen molar-refractivity contribution < 1.29 is 100 Å². The minimum Gasteiger partial charge on any atom is -0.810 e. The van der Waals surface area contributed by atoms with Gasteiger partial charge < -0.3 is 100 Å². The second-order valence-electron chi connectivity index (χ2n) is 10.4. The van der Waals surface area contributed by atoms with E-state index >= 15 is 0 Å². The topological polar surface area (TPSA) is 459 Å². The molecular weight excluding hydrogens is 803 g/mol. The van der Waals surface area contributed by atoms with Gasteiger partial charge in [-0.05, 0) is 0 Å². The van der Waals surface area contributed by atoms with Crippen LogP contribution in [-0.4, -0.2) is 121 Å². The predicted molar refractivity (Wildman–Crippen MR) is 135 cm³/mol. The Labute approximate surface area is 274 Å². The fourth-order valence-electron chi connectivity index (χ4n) is 3.98. The summed E-state index contributed by atoms with van der Waals surface area (Å²) in [7, 11) is -38.3. The molecular formula is C15H30N5O21P7-14. The molecule has 0 aliphatic rings. The molecule has 0 N–H and O–H groups in total. The summed E-state index contributed by atoms with van der Waals surface area (Å²) in [6.45, 7) is -5.71. The van der Waals surface area contributed by atoms with Crippen LogP contribution in [0.5, 0.6) is 0 Å². The molecule has 48 heavy (non-hydrogen) atoms. The van der Waals surface area contributed by atoms with E-state index in [4.69, 9.17) is 0 Å². The lowest BCUT2D eigenvalue weighted by atomic mass is 10.4. The van der Waals surface area contributed by atoms with E-state index in [2.05, 4.69) is 0 Å². The lowest BCUT2D eigenvalue weighted by molar-refractivity contribution is -0.321. The molecule has 0 spiro atoms. The van der Waals surface area contributed by atoms with Crippen molar-refractivity contribution in [2.45, 2.75) is 0 Å². The van der Waals surface area contributed by atoms with Gasteiger partial charge >= 0.3 is 0 Å². The molecule has 0 aromatic heterocycles. The lowest BCUT2D eigenvalue weighted by Crippen LogP contribution is -2.47. The Morgan fingerprint density at radius 3 is 0.458 bits per heavy atom. The summed E-state index contributed by atoms with van der Waals surface area (Å²) in [6, 6.07) is 0. The molecule has 290 valence electrons. The van der Waals surface area contributed by atoms with E-state index in [0.717, 1.165) is 4.90 Å². The van der Waals surface area contributed by atoms with Crippen LogP contribution >= 0.6 is 53.2 Å². The van der Waals surface area contributed by atoms with Gasteiger partial charge in [-0.3, -0.25) is 24.5 Å². The van der Waals surface area contributed by atoms with Crippen molar-refractivity contribution in [3.63, 3.8) is 0 Å². The maximum Gasteiger partial charge on any atom is 0.0264 e. The van der Waals surface area contributed by atoms with Gasteiger partial charge in [0.25, 0.3) is 0 Å². The van der Waals surface area contributed by atoms with E-state index in [1.165, 1.54) is 0 Å². The van der Waals surface area contributed by atoms with Gasteiger partial charge in [-0.25, -0.2) is 0 Å². The maximum absolute atomic E-state index is 11.5. The summed E-state index contributed by atoms with van der Waals surface area (Å²) in [5.41, 5.74) is 0. The number of hydrogen-bond acceptors (Lipinski definition) is 26. The number of hydrogen-bond donors (Lipinski definition) is 0. The highest BCUT2D eigenvalue weighted by molar-refractivity contribution is 7.50. The van der Waals surface area contributed by atoms with E-state index in [9.17, 15) is 100 Å². The Hall–Kier alpha value is 0.850. The number of nitrogens with zero attached hydrogens (tertiary/aromatic N) is 5. The molecule has 0 aliphatic carbocycles. The summed E-state index contributed by atoms with van der Waals surface area (Å²) >= 11 is 0. The first-order chi connectivity index (χ1) is 21.1. The fourth-order valence-corrected chi connectivity index (χ4v) is 9.54. The smallest absolute Gasteiger partial charge is 0.0264 e. The zero-order chi connectivity index (χ0) is 38.0. The summed E-state index contributed by atoms with van der Waals surface area (Å²) < 4.78 is 78.8. The highest BCUT2D eigenvalue weighted by Crippen LogP contribution is 2.33. The zero-order valence-corrected chi connectivity index (χ0v) is 30.8. The van der Waals surface area contributed by atoms with Gasteiger partial charge in [-0.15, -0.1) is 0 Å². The van der Waals surface area contributed by atoms with Crippen molar-refractivity contribution in [3.8, 4) is 0 Å². The van der Waals surface area contributed by atoms with Crippen LogP contribution < -0.4 is 68.5 Å². The Bertz CT molecular complexity index is 1190. The highest BCUT2D eigenvalue weighted by Gasteiger charge is 2.18. The third-order valence-corrected chi connectivity index (χ3v) is 10.8. The number of rotatable bonds is 26. The first-order valence-corrected chi connectivity index (χ1v) is 24.9. The van der Waals surface area contributed by atoms with E-state index in [1.807, 2.05) is 0 Å². The molecule has 0 rings (SSSR count). The normalized spacial score (nSPS) is 14.7. The van der Waals surface area contributed by atoms with Crippen molar-refractivity contribution >= 4 is 53.2 Å². The molecule has 0 aliphatic heterocycles. The maximum atomic E-state index is 11.5. The van der Waals surface area contributed by atoms with E-state index < -0.39 is 150 Å². The standard InChI is InChI=1S/C15H44N5O21P7/c21-42(22,23)9-16(1-3-17(10-43(24,25)26)5-7-19(12-45(30,31)32)13-46(33,34)35)2-4-18(11-44(27,28)29)6-8-20(14-47(36,37)38)15-48(39,40)41/h1-15H2,(H2,21,22,23)(H2,24,25,26)(H2,27,28,29)(H2,30,31,32)(H2,33,34,35)(H2,36,37,38)(H2,39,40,41)/p-14. The van der Waals surface area contributed by atoms with Crippen LogP contribution in [0.4, 0.5) is 0 Å². The largest absolute Gasteiger partial charge is 0.810 e. The summed E-state index contributed by atoms with van der Waals surface area (Å²) in [6.07, 6.45) is -10.1. The summed E-state index contributed by atoms with van der Waals surface area (Å²) in [4.78, 5) is 160. The van der Waals surface area contributed by atoms with Crippen LogP contribution in [0, 0.1) is 0 Å². The Kier molecular flexibility index (Phi) is 20.1. The first kappa shape index (κ1) is 48.9. The second-order valence-corrected chi connectivity index (χ2v) is 20.9. The molecule has 0 radical (unpaired) electrons. The molecule has 0 fully saturated rings. The fraction of sp³-hybridized carbons (Fsp3) is 1.00. The van der Waals surface area contributed by atoms with Crippen LogP contribution in [0.2, 0.25) is 0 Å². The summed E-state index contributed by atoms with van der Waals surface area (Å²) in [5.74, 6) is 0. The van der Waals surface area contributed by atoms with Crippen LogP contribution in [0.25, 0.3) is 0 Å². The predicted octanol–water partition coefficient (Wildman–Crippen LogP) is -12.4. The Balaban J connectivity index is 5.96. The average Bonchev–Trinajstić information content (AvgIpc) is 2.75. The third-order valence-electron chi connectivity index (χ3n) is 5.54. The molecule has 0 aromatic rings. The third kappa shape index (κ3) is 31.6. The molecule has 0 amide bonds. The van der Waals surface area contributed by atoms with Crippen molar-refractivity contribution in [2.75, 3.05) is 96.4 Å². The Morgan fingerprint density at radius 2 is 0.333 bits per heavy atom. The first-order valence-electron chi connectivity index (χ1n) is 12.8. The monoisotopic (exact) mass is 833 g/mol. The van der Waals surface area contributed by atoms with Crippen LogP contribution in [-0.2, 0) is 32.0 Å². The molecule has 0 saturated heterocycles. The minimum atomic E-state index is -5.47. The SMILES string of the molecule is O=P([O-])([O-])CN(CCN(CCN(CP(=O)([O-])[O-])CP(=O)([O-])[O-])CP(=O)([O-])[O-])CCN(CCN(CP(=O)([O-])[O-])CP(=O)([O-])[O-])CP(=O)([O-])[O-]. The van der Waals surface area contributed by atoms with Gasteiger partial charge in [0.15, 0.2) is 0 Å². The van der Waals surface area contributed by atoms with Gasteiger partial charge in [-0.2, -0.15) is 0 Å². The molecule has 0 heterocycles. The van der Waals surface area contributed by atoms with E-state index in [1.54, 1.807) is 0 Å². The van der Waals surface area contributed by atoms with Gasteiger partial charge in [0, 0.05) is 96.4 Å². The second kappa shape index (κ2) is 19.8. The molecule has 0 saturated carbocycles. The highest BCUT2D eigenvalue weighted by atomic mass is 31.2. The zero-order valence-electron chi connectivity index (χ0n) is 24.5. The summed E-state index contributed by atoms with van der Waals surface area (Å²) in [5, 5.41) is 0. The van der Waals surface area contributed by atoms with Crippen molar-refractivity contribution in [1.82, 2.24) is 24.5 Å². The van der Waals surface area contributed by atoms with Crippen molar-refractivity contribution in [3.05, 3.63) is 0 Å². The molecule has 0 bridgehead atoms. The molecule has 26 nitrogen and oxygen atoms in total. The lowest BCUT2D eigenvalue weighted by Gasteiger charge is -2.43. The molecule has 0 atom stereocenters. The quantitative estimate of drug-likeness (QED) is 0.0730. The van der Waals surface area contributed by atoms with E-state index in [-0.39, 0.29) is 0 Å². The average molecular weight is 833 g/mol. The Morgan fingerprint density at radius 1 is 0.229 bits per heavy atom. The van der Waals surface area contributed by atoms with Crippen molar-refractivity contribution in [1.29, 1.82) is 0 Å². The van der Waals surface area contributed by atoms with E-state index in [0.29, 0.717) is 19.6 Å². The van der Waals surface area contributed by atoms with Crippen molar-refractivity contribution in [2.24, 2.45) is 0 Å². The van der Waals surface area contributed by atoms with Crippen LogP contribution in [0.3, 0.4) is 0 Å². The molecule has 0 aromatic carbocycles. The molecule has 33 heteroatoms. The minimum absolute atomic E-state index is 0.318. The van der Waals surface area contributed by atoms with Gasteiger partial charge in [0.05, 0.1) is 0 Å². The van der Waals surface area contributed by atoms with Gasteiger partial charge in [0.2, 0.25) is 0 Å².